The molecule has 0 aromatic rings. The van der Waals surface area contributed by atoms with Gasteiger partial charge in [-0.15, -0.1) is 0 Å². The number of carbonyl (C=O) groups excluding carboxylic acids is 2. The van der Waals surface area contributed by atoms with Gasteiger partial charge in [-0.1, -0.05) is 155 Å². The number of rotatable bonds is 38. The highest BCUT2D eigenvalue weighted by Gasteiger charge is 2.26. The molecule has 0 aliphatic heterocycles. The predicted molar refractivity (Wildman–Crippen MR) is 242 cm³/mol. The largest absolute Gasteiger partial charge is 0.472 e. The molecule has 60 heavy (non-hydrogen) atoms. The summed E-state index contributed by atoms with van der Waals surface area (Å²) >= 11 is 0. The normalized spacial score (nSPS) is 15.9. The Hall–Kier alpha value is -3.45. The highest BCUT2D eigenvalue weighted by molar-refractivity contribution is 7.47. The highest BCUT2D eigenvalue weighted by atomic mass is 31.2. The summed E-state index contributed by atoms with van der Waals surface area (Å²) in [6.07, 6.45) is 43.6. The summed E-state index contributed by atoms with van der Waals surface area (Å²) in [7, 11) is -4.49. The average molecular weight is 862 g/mol. The Morgan fingerprint density at radius 1 is 0.617 bits per heavy atom. The Morgan fingerprint density at radius 3 is 1.77 bits per heavy atom. The first kappa shape index (κ1) is 56.5. The molecular formula is C47H76NO11P. The maximum Gasteiger partial charge on any atom is 0.472 e. The Balaban J connectivity index is 4.63. The smallest absolute Gasteiger partial charge is 0.462 e. The molecule has 0 saturated carbocycles. The van der Waals surface area contributed by atoms with Gasteiger partial charge in [0.15, 0.2) is 6.10 Å². The van der Waals surface area contributed by atoms with Crippen LogP contribution in [-0.4, -0.2) is 82.9 Å². The number of hydrogen-bond acceptors (Lipinski definition) is 11. The topological polar surface area (TPSA) is 195 Å². The predicted octanol–water partition coefficient (Wildman–Crippen LogP) is 9.29. The first-order valence-electron chi connectivity index (χ1n) is 21.7. The summed E-state index contributed by atoms with van der Waals surface area (Å²) in [6, 6.07) is 0. The third kappa shape index (κ3) is 38.7. The van der Waals surface area contributed by atoms with Crippen molar-refractivity contribution in [2.75, 3.05) is 26.4 Å². The monoisotopic (exact) mass is 862 g/mol. The van der Waals surface area contributed by atoms with Crippen LogP contribution in [0.4, 0.5) is 0 Å². The number of hydrogen-bond donors (Lipinski definition) is 5. The molecule has 0 aliphatic carbocycles. The molecule has 0 saturated heterocycles. The van der Waals surface area contributed by atoms with Crippen molar-refractivity contribution in [1.82, 2.24) is 0 Å². The lowest BCUT2D eigenvalue weighted by Crippen LogP contribution is -2.29. The van der Waals surface area contributed by atoms with Gasteiger partial charge >= 0.3 is 19.8 Å². The van der Waals surface area contributed by atoms with E-state index in [0.717, 1.165) is 51.4 Å². The molecule has 0 aromatic heterocycles. The molecule has 0 bridgehead atoms. The molecule has 340 valence electrons. The van der Waals surface area contributed by atoms with Crippen molar-refractivity contribution in [2.24, 2.45) is 5.73 Å². The van der Waals surface area contributed by atoms with E-state index in [1.807, 2.05) is 18.2 Å². The number of aliphatic hydroxyl groups is 3. The number of allylic oxidation sites excluding steroid dienone is 16. The number of unbranched alkanes of at least 4 members (excludes halogenated alkanes) is 5. The second-order valence-corrected chi connectivity index (χ2v) is 15.5. The number of carbonyl (C=O) groups is 2. The molecule has 0 fully saturated rings. The molecule has 0 rings (SSSR count). The fraction of sp³-hybridized carbons (Fsp3) is 0.574. The third-order valence-electron chi connectivity index (χ3n) is 8.51. The zero-order valence-corrected chi connectivity index (χ0v) is 37.1. The van der Waals surface area contributed by atoms with Crippen LogP contribution in [0.3, 0.4) is 0 Å². The summed E-state index contributed by atoms with van der Waals surface area (Å²) in [5.41, 5.74) is 5.32. The molecule has 0 radical (unpaired) electrons. The van der Waals surface area contributed by atoms with Crippen LogP contribution in [0.1, 0.15) is 123 Å². The van der Waals surface area contributed by atoms with E-state index in [-0.39, 0.29) is 38.8 Å². The van der Waals surface area contributed by atoms with Crippen LogP contribution in [0.25, 0.3) is 0 Å². The molecule has 0 aromatic carbocycles. The Bertz CT molecular complexity index is 1400. The van der Waals surface area contributed by atoms with Crippen LogP contribution >= 0.6 is 7.82 Å². The van der Waals surface area contributed by atoms with E-state index >= 15 is 0 Å². The molecular weight excluding hydrogens is 785 g/mol. The third-order valence-corrected chi connectivity index (χ3v) is 9.50. The standard InChI is InChI=1S/C47H76NO11P/c1-3-5-7-8-9-10-11-12-13-14-15-16-17-18-19-20-21-26-30-36-47(53)59-43(41-58-60(54,55)57-39-38-48)40-56-46(52)37-31-35-45(51)44(50)34-29-25-23-22-24-28-33-42(49)32-27-6-4-2/h9-10,12-13,15-16,18-19,21-26,28-29,33-34,42-45,49-51H,3-8,11,14,17,20,27,30-32,35-41,48H2,1-2H3,(H,54,55)/b10-9-,13-12-,16-15-,19-18-,24-22-,25-23+,26-21-,33-28+,34-29+/t42-,43-,44-,45-/m1/s1. The van der Waals surface area contributed by atoms with Crippen molar-refractivity contribution < 1.29 is 52.9 Å². The van der Waals surface area contributed by atoms with Gasteiger partial charge in [0.25, 0.3) is 0 Å². The van der Waals surface area contributed by atoms with E-state index in [1.54, 1.807) is 42.5 Å². The molecule has 0 heterocycles. The molecule has 13 heteroatoms. The number of phosphoric ester groups is 1. The second kappa shape index (κ2) is 40.9. The number of nitrogens with two attached hydrogens (primary N) is 1. The summed E-state index contributed by atoms with van der Waals surface area (Å²) in [4.78, 5) is 34.9. The molecule has 1 unspecified atom stereocenters. The lowest BCUT2D eigenvalue weighted by molar-refractivity contribution is -0.161. The van der Waals surface area contributed by atoms with Gasteiger partial charge in [-0.25, -0.2) is 4.57 Å². The van der Waals surface area contributed by atoms with Crippen molar-refractivity contribution in [3.63, 3.8) is 0 Å². The minimum absolute atomic E-state index is 0.0129. The van der Waals surface area contributed by atoms with Crippen LogP contribution in [0, 0.1) is 0 Å². The second-order valence-electron chi connectivity index (χ2n) is 14.1. The van der Waals surface area contributed by atoms with Gasteiger partial charge in [0.1, 0.15) is 6.61 Å². The highest BCUT2D eigenvalue weighted by Crippen LogP contribution is 2.43. The van der Waals surface area contributed by atoms with Gasteiger partial charge in [0.05, 0.1) is 31.5 Å². The van der Waals surface area contributed by atoms with E-state index in [1.165, 1.54) is 25.3 Å². The van der Waals surface area contributed by atoms with Gasteiger partial charge in [-0.2, -0.15) is 0 Å². The average Bonchev–Trinajstić information content (AvgIpc) is 3.22. The van der Waals surface area contributed by atoms with Gasteiger partial charge < -0.3 is 35.4 Å². The molecule has 0 amide bonds. The van der Waals surface area contributed by atoms with Crippen LogP contribution < -0.4 is 5.73 Å². The summed E-state index contributed by atoms with van der Waals surface area (Å²) in [6.45, 7) is 3.08. The number of ether oxygens (including phenoxy) is 2. The lowest BCUT2D eigenvalue weighted by atomic mass is 10.1. The van der Waals surface area contributed by atoms with E-state index in [4.69, 9.17) is 24.3 Å². The molecule has 12 nitrogen and oxygen atoms in total. The van der Waals surface area contributed by atoms with Crippen molar-refractivity contribution >= 4 is 19.8 Å². The van der Waals surface area contributed by atoms with Crippen LogP contribution in [0.15, 0.2) is 109 Å². The minimum Gasteiger partial charge on any atom is -0.462 e. The summed E-state index contributed by atoms with van der Waals surface area (Å²) in [5, 5.41) is 30.4. The van der Waals surface area contributed by atoms with Crippen LogP contribution in [0.5, 0.6) is 0 Å². The maximum atomic E-state index is 12.6. The quantitative estimate of drug-likeness (QED) is 0.0130. The summed E-state index contributed by atoms with van der Waals surface area (Å²) < 4.78 is 32.4. The van der Waals surface area contributed by atoms with E-state index in [0.29, 0.717) is 12.8 Å². The minimum atomic E-state index is -4.49. The fourth-order valence-corrected chi connectivity index (χ4v) is 5.88. The zero-order valence-electron chi connectivity index (χ0n) is 36.2. The van der Waals surface area contributed by atoms with Gasteiger partial charge in [-0.05, 0) is 64.2 Å². The Morgan fingerprint density at radius 2 is 1.17 bits per heavy atom. The van der Waals surface area contributed by atoms with Crippen LogP contribution in [-0.2, 0) is 32.7 Å². The Labute approximate surface area is 360 Å². The number of aliphatic hydroxyl groups excluding tert-OH is 3. The van der Waals surface area contributed by atoms with Gasteiger partial charge in [0, 0.05) is 19.4 Å². The van der Waals surface area contributed by atoms with Gasteiger partial charge in [0.2, 0.25) is 0 Å². The van der Waals surface area contributed by atoms with E-state index in [2.05, 4.69) is 56.4 Å². The first-order valence-corrected chi connectivity index (χ1v) is 23.2. The van der Waals surface area contributed by atoms with Gasteiger partial charge in [-0.3, -0.25) is 18.6 Å². The molecule has 6 N–H and O–H groups in total. The SMILES string of the molecule is CCCCC/C=C\C/C=C\C/C=C\C/C=C\C/C=C\CCC(=O)O[C@H](COC(=O)CCC[C@@H](O)[C@H](O)/C=C/C=C/C=C\C=C\[C@H](O)CCCCC)COP(=O)(O)OCCN. The van der Waals surface area contributed by atoms with Crippen molar-refractivity contribution in [2.45, 2.75) is 147 Å². The van der Waals surface area contributed by atoms with E-state index in [9.17, 15) is 34.4 Å². The van der Waals surface area contributed by atoms with Crippen molar-refractivity contribution in [3.8, 4) is 0 Å². The maximum absolute atomic E-state index is 12.6. The molecule has 0 aliphatic rings. The lowest BCUT2D eigenvalue weighted by Gasteiger charge is -2.20. The van der Waals surface area contributed by atoms with Crippen molar-refractivity contribution in [3.05, 3.63) is 109 Å². The van der Waals surface area contributed by atoms with Crippen molar-refractivity contribution in [1.29, 1.82) is 0 Å². The first-order chi connectivity index (χ1) is 29.0. The van der Waals surface area contributed by atoms with E-state index < -0.39 is 57.4 Å². The summed E-state index contributed by atoms with van der Waals surface area (Å²) in [5.74, 6) is -1.27. The van der Waals surface area contributed by atoms with Crippen LogP contribution in [0.2, 0.25) is 0 Å². The Kier molecular flexibility index (Phi) is 38.6. The number of esters is 2. The zero-order chi connectivity index (χ0) is 44.4. The number of phosphoric acid groups is 1. The molecule has 0 spiro atoms. The molecule has 5 atom stereocenters. The fourth-order valence-electron chi connectivity index (χ4n) is 5.12.